The van der Waals surface area contributed by atoms with Gasteiger partial charge in [-0.05, 0) is 25.7 Å². The Morgan fingerprint density at radius 3 is 2.86 bits per heavy atom. The molecule has 1 aliphatic carbocycles. The molecular formula is C16H25NO3S. The van der Waals surface area contributed by atoms with Crippen molar-refractivity contribution in [1.82, 2.24) is 4.98 Å². The van der Waals surface area contributed by atoms with Gasteiger partial charge in [0.1, 0.15) is 11.1 Å². The van der Waals surface area contributed by atoms with Gasteiger partial charge < -0.3 is 9.47 Å². The molecule has 1 fully saturated rings. The first kappa shape index (κ1) is 16.4. The van der Waals surface area contributed by atoms with E-state index in [1.165, 1.54) is 32.1 Å². The summed E-state index contributed by atoms with van der Waals surface area (Å²) in [6.45, 7) is 2.26. The molecule has 0 saturated heterocycles. The van der Waals surface area contributed by atoms with E-state index in [1.807, 2.05) is 12.3 Å². The maximum absolute atomic E-state index is 11.4. The van der Waals surface area contributed by atoms with Gasteiger partial charge in [0.2, 0.25) is 0 Å². The average Bonchev–Trinajstić information content (AvgIpc) is 2.96. The lowest BCUT2D eigenvalue weighted by Crippen LogP contribution is -2.18. The Labute approximate surface area is 130 Å². The van der Waals surface area contributed by atoms with Crippen LogP contribution in [-0.2, 0) is 20.7 Å². The first-order valence-electron chi connectivity index (χ1n) is 7.87. The molecule has 0 spiro atoms. The number of thiazole rings is 1. The molecule has 21 heavy (non-hydrogen) atoms. The fourth-order valence-electron chi connectivity index (χ4n) is 2.96. The van der Waals surface area contributed by atoms with E-state index in [-0.39, 0.29) is 12.1 Å². The van der Waals surface area contributed by atoms with E-state index in [2.05, 4.69) is 4.98 Å². The number of methoxy groups -OCH3 is 1. The van der Waals surface area contributed by atoms with Gasteiger partial charge in [0.25, 0.3) is 0 Å². The number of hydrogen-bond acceptors (Lipinski definition) is 5. The molecule has 1 aliphatic rings. The highest BCUT2D eigenvalue weighted by Crippen LogP contribution is 2.37. The Morgan fingerprint density at radius 1 is 1.43 bits per heavy atom. The lowest BCUT2D eigenvalue weighted by Gasteiger charge is -2.27. The molecule has 4 nitrogen and oxygen atoms in total. The number of aryl methyl sites for hydroxylation is 1. The lowest BCUT2D eigenvalue weighted by molar-refractivity contribution is -0.143. The number of aromatic nitrogens is 1. The number of rotatable bonds is 7. The Hall–Kier alpha value is -0.940. The van der Waals surface area contributed by atoms with Crippen molar-refractivity contribution in [2.75, 3.05) is 13.7 Å². The zero-order valence-electron chi connectivity index (χ0n) is 13.0. The molecule has 1 atom stereocenters. The van der Waals surface area contributed by atoms with E-state index in [0.717, 1.165) is 10.7 Å². The number of carbonyl (C=O) groups excluding carboxylic acids is 1. The summed E-state index contributed by atoms with van der Waals surface area (Å²) in [5, 5.41) is 3.10. The molecule has 5 heteroatoms. The minimum absolute atomic E-state index is 0.117. The van der Waals surface area contributed by atoms with Crippen LogP contribution in [0, 0.1) is 5.92 Å². The Morgan fingerprint density at radius 2 is 2.19 bits per heavy atom. The monoisotopic (exact) mass is 311 g/mol. The zero-order valence-corrected chi connectivity index (χ0v) is 13.8. The molecule has 0 amide bonds. The maximum atomic E-state index is 11.4. The third-order valence-corrected chi connectivity index (χ3v) is 4.99. The van der Waals surface area contributed by atoms with Gasteiger partial charge in [-0.25, -0.2) is 4.98 Å². The Bertz CT molecular complexity index is 440. The third kappa shape index (κ3) is 4.78. The molecule has 118 valence electrons. The standard InChI is InChI=1S/C16H25NO3S/c1-3-20-14(18)10-9-13-11-21-16(17-13)15(19-2)12-7-5-4-6-8-12/h11-12,15H,3-10H2,1-2H3. The van der Waals surface area contributed by atoms with Gasteiger partial charge in [0.05, 0.1) is 18.7 Å². The SMILES string of the molecule is CCOC(=O)CCc1csc(C(OC)C2CCCCC2)n1. The van der Waals surface area contributed by atoms with Crippen molar-refractivity contribution in [2.45, 2.75) is 58.0 Å². The fraction of sp³-hybridized carbons (Fsp3) is 0.750. The van der Waals surface area contributed by atoms with Crippen LogP contribution in [0.5, 0.6) is 0 Å². The molecular weight excluding hydrogens is 286 g/mol. The second-order valence-electron chi connectivity index (χ2n) is 5.54. The van der Waals surface area contributed by atoms with Crippen LogP contribution in [0.3, 0.4) is 0 Å². The van der Waals surface area contributed by atoms with Crippen LogP contribution in [0.25, 0.3) is 0 Å². The molecule has 0 radical (unpaired) electrons. The number of esters is 1. The van der Waals surface area contributed by atoms with E-state index in [4.69, 9.17) is 9.47 Å². The number of hydrogen-bond donors (Lipinski definition) is 0. The summed E-state index contributed by atoms with van der Waals surface area (Å²) >= 11 is 1.65. The van der Waals surface area contributed by atoms with Crippen LogP contribution in [0.1, 0.15) is 62.3 Å². The van der Waals surface area contributed by atoms with Crippen LogP contribution in [0.2, 0.25) is 0 Å². The molecule has 1 heterocycles. The molecule has 1 saturated carbocycles. The van der Waals surface area contributed by atoms with Crippen LogP contribution in [-0.4, -0.2) is 24.7 Å². The molecule has 0 N–H and O–H groups in total. The Kier molecular flexibility index (Phi) is 6.64. The minimum Gasteiger partial charge on any atom is -0.466 e. The van der Waals surface area contributed by atoms with Crippen molar-refractivity contribution in [2.24, 2.45) is 5.92 Å². The highest BCUT2D eigenvalue weighted by Gasteiger charge is 2.27. The third-order valence-electron chi connectivity index (χ3n) is 4.04. The van der Waals surface area contributed by atoms with E-state index in [9.17, 15) is 4.79 Å². The van der Waals surface area contributed by atoms with Gasteiger partial charge in [-0.2, -0.15) is 0 Å². The van der Waals surface area contributed by atoms with E-state index < -0.39 is 0 Å². The van der Waals surface area contributed by atoms with Crippen molar-refractivity contribution in [1.29, 1.82) is 0 Å². The van der Waals surface area contributed by atoms with Crippen molar-refractivity contribution >= 4 is 17.3 Å². The number of nitrogens with zero attached hydrogens (tertiary/aromatic N) is 1. The topological polar surface area (TPSA) is 48.4 Å². The summed E-state index contributed by atoms with van der Waals surface area (Å²) in [6.07, 6.45) is 7.57. The summed E-state index contributed by atoms with van der Waals surface area (Å²) in [4.78, 5) is 16.1. The number of ether oxygens (including phenoxy) is 2. The van der Waals surface area contributed by atoms with Gasteiger partial charge in [0, 0.05) is 18.9 Å². The molecule has 0 aromatic carbocycles. The van der Waals surface area contributed by atoms with Gasteiger partial charge in [-0.1, -0.05) is 19.3 Å². The fourth-order valence-corrected chi connectivity index (χ4v) is 3.98. The van der Waals surface area contributed by atoms with Crippen LogP contribution < -0.4 is 0 Å². The van der Waals surface area contributed by atoms with E-state index in [1.54, 1.807) is 18.4 Å². The summed E-state index contributed by atoms with van der Waals surface area (Å²) in [5.41, 5.74) is 0.973. The molecule has 0 bridgehead atoms. The van der Waals surface area contributed by atoms with Crippen molar-refractivity contribution in [3.8, 4) is 0 Å². The van der Waals surface area contributed by atoms with E-state index in [0.29, 0.717) is 25.4 Å². The van der Waals surface area contributed by atoms with Crippen molar-refractivity contribution in [3.63, 3.8) is 0 Å². The predicted molar refractivity (Wildman–Crippen MR) is 83.4 cm³/mol. The van der Waals surface area contributed by atoms with E-state index >= 15 is 0 Å². The smallest absolute Gasteiger partial charge is 0.306 e. The highest BCUT2D eigenvalue weighted by atomic mass is 32.1. The molecule has 0 aliphatic heterocycles. The lowest BCUT2D eigenvalue weighted by atomic mass is 9.85. The van der Waals surface area contributed by atoms with Gasteiger partial charge >= 0.3 is 5.97 Å². The second kappa shape index (κ2) is 8.49. The minimum atomic E-state index is -0.150. The summed E-state index contributed by atoms with van der Waals surface area (Å²) in [7, 11) is 1.78. The van der Waals surface area contributed by atoms with Crippen molar-refractivity contribution in [3.05, 3.63) is 16.1 Å². The second-order valence-corrected chi connectivity index (χ2v) is 6.43. The number of carbonyl (C=O) groups is 1. The quantitative estimate of drug-likeness (QED) is 0.716. The van der Waals surface area contributed by atoms with Gasteiger partial charge in [-0.15, -0.1) is 11.3 Å². The first-order chi connectivity index (χ1) is 10.2. The maximum Gasteiger partial charge on any atom is 0.306 e. The zero-order chi connectivity index (χ0) is 15.1. The van der Waals surface area contributed by atoms with Crippen LogP contribution in [0.4, 0.5) is 0 Å². The normalized spacial score (nSPS) is 17.6. The van der Waals surface area contributed by atoms with Crippen LogP contribution >= 0.6 is 11.3 Å². The molecule has 1 aromatic heterocycles. The molecule has 2 rings (SSSR count). The Balaban J connectivity index is 1.92. The highest BCUT2D eigenvalue weighted by molar-refractivity contribution is 7.09. The van der Waals surface area contributed by atoms with Crippen LogP contribution in [0.15, 0.2) is 5.38 Å². The molecule has 1 unspecified atom stereocenters. The average molecular weight is 311 g/mol. The van der Waals surface area contributed by atoms with Gasteiger partial charge in [-0.3, -0.25) is 4.79 Å². The molecule has 1 aromatic rings. The van der Waals surface area contributed by atoms with Crippen molar-refractivity contribution < 1.29 is 14.3 Å². The summed E-state index contributed by atoms with van der Waals surface area (Å²) in [6, 6.07) is 0. The first-order valence-corrected chi connectivity index (χ1v) is 8.75. The summed E-state index contributed by atoms with van der Waals surface area (Å²) < 4.78 is 10.7. The predicted octanol–water partition coefficient (Wildman–Crippen LogP) is 3.91. The summed E-state index contributed by atoms with van der Waals surface area (Å²) in [5.74, 6) is 0.440. The van der Waals surface area contributed by atoms with Gasteiger partial charge in [0.15, 0.2) is 0 Å². The largest absolute Gasteiger partial charge is 0.466 e.